The van der Waals surface area contributed by atoms with Gasteiger partial charge in [0.1, 0.15) is 0 Å². The lowest BCUT2D eigenvalue weighted by Gasteiger charge is -2.30. The molecule has 0 saturated heterocycles. The average Bonchev–Trinajstić information content (AvgIpc) is 2.39. The number of sulfonamides is 1. The molecule has 0 aliphatic heterocycles. The third-order valence-electron chi connectivity index (χ3n) is 3.78. The van der Waals surface area contributed by atoms with E-state index in [0.717, 1.165) is 25.9 Å². The van der Waals surface area contributed by atoms with Gasteiger partial charge in [-0.3, -0.25) is 0 Å². The van der Waals surface area contributed by atoms with Crippen LogP contribution < -0.4 is 10.0 Å². The smallest absolute Gasteiger partial charge is 0.211 e. The number of unbranched alkanes of at least 4 members (excludes halogenated alkanes) is 1. The topological polar surface area (TPSA) is 58.2 Å². The molecule has 5 heteroatoms. The second kappa shape index (κ2) is 7.20. The first-order valence-corrected chi connectivity index (χ1v) is 9.03. The molecule has 0 radical (unpaired) electrons. The van der Waals surface area contributed by atoms with E-state index in [-0.39, 0.29) is 5.75 Å². The molecule has 0 aromatic heterocycles. The van der Waals surface area contributed by atoms with E-state index < -0.39 is 10.0 Å². The number of nitrogens with one attached hydrogen (secondary N) is 2. The lowest BCUT2D eigenvalue weighted by Crippen LogP contribution is -2.34. The molecule has 20 heavy (non-hydrogen) atoms. The van der Waals surface area contributed by atoms with Gasteiger partial charge in [0.05, 0.1) is 5.75 Å². The largest absolute Gasteiger partial charge is 0.317 e. The standard InChI is InChI=1S/C15H24N2O2S/c1-2-16-9-5-6-10-20(18,19)17-12-14-11-13-7-3-4-8-15(13)14/h3-4,7-8,14,16-17H,2,5-6,9-12H2,1H3. The number of fused-ring (bicyclic) bond motifs is 1. The van der Waals surface area contributed by atoms with Crippen LogP contribution in [0.2, 0.25) is 0 Å². The van der Waals surface area contributed by atoms with E-state index in [0.29, 0.717) is 18.9 Å². The highest BCUT2D eigenvalue weighted by Gasteiger charge is 2.26. The maximum Gasteiger partial charge on any atom is 0.211 e. The highest BCUT2D eigenvalue weighted by Crippen LogP contribution is 2.34. The Morgan fingerprint density at radius 2 is 2.05 bits per heavy atom. The molecule has 1 atom stereocenters. The maximum atomic E-state index is 11.9. The molecule has 0 heterocycles. The summed E-state index contributed by atoms with van der Waals surface area (Å²) in [6.07, 6.45) is 2.60. The van der Waals surface area contributed by atoms with Crippen molar-refractivity contribution >= 4 is 10.0 Å². The first-order valence-electron chi connectivity index (χ1n) is 7.38. The normalized spacial score (nSPS) is 17.6. The summed E-state index contributed by atoms with van der Waals surface area (Å²) in [5.74, 6) is 0.579. The monoisotopic (exact) mass is 296 g/mol. The second-order valence-corrected chi connectivity index (χ2v) is 7.25. The predicted octanol–water partition coefficient (Wildman–Crippen LogP) is 1.64. The van der Waals surface area contributed by atoms with E-state index in [1.807, 2.05) is 12.1 Å². The van der Waals surface area contributed by atoms with Gasteiger partial charge in [0, 0.05) is 12.5 Å². The minimum absolute atomic E-state index is 0.229. The van der Waals surface area contributed by atoms with Crippen molar-refractivity contribution in [2.24, 2.45) is 0 Å². The van der Waals surface area contributed by atoms with Crippen molar-refractivity contribution in [1.82, 2.24) is 10.0 Å². The zero-order valence-electron chi connectivity index (χ0n) is 12.1. The fourth-order valence-corrected chi connectivity index (χ4v) is 3.75. The van der Waals surface area contributed by atoms with Crippen molar-refractivity contribution in [3.05, 3.63) is 35.4 Å². The highest BCUT2D eigenvalue weighted by atomic mass is 32.2. The highest BCUT2D eigenvalue weighted by molar-refractivity contribution is 7.89. The summed E-state index contributed by atoms with van der Waals surface area (Å²) < 4.78 is 26.5. The summed E-state index contributed by atoms with van der Waals surface area (Å²) in [5.41, 5.74) is 2.64. The molecule has 0 spiro atoms. The molecule has 2 rings (SSSR count). The summed E-state index contributed by atoms with van der Waals surface area (Å²) in [6, 6.07) is 8.25. The number of hydrogen-bond donors (Lipinski definition) is 2. The van der Waals surface area contributed by atoms with Crippen molar-refractivity contribution < 1.29 is 8.42 Å². The van der Waals surface area contributed by atoms with Gasteiger partial charge in [-0.1, -0.05) is 31.2 Å². The van der Waals surface area contributed by atoms with E-state index >= 15 is 0 Å². The minimum atomic E-state index is -3.12. The Kier molecular flexibility index (Phi) is 5.57. The Bertz CT molecular complexity index is 528. The van der Waals surface area contributed by atoms with Gasteiger partial charge in [0.2, 0.25) is 10.0 Å². The van der Waals surface area contributed by atoms with Gasteiger partial charge in [-0.2, -0.15) is 0 Å². The molecule has 0 amide bonds. The molecule has 1 aromatic carbocycles. The molecule has 0 bridgehead atoms. The quantitative estimate of drug-likeness (QED) is 0.681. The molecule has 1 unspecified atom stereocenters. The van der Waals surface area contributed by atoms with E-state index in [1.54, 1.807) is 0 Å². The Morgan fingerprint density at radius 1 is 1.25 bits per heavy atom. The van der Waals surface area contributed by atoms with Crippen LogP contribution in [0.4, 0.5) is 0 Å². The summed E-state index contributed by atoms with van der Waals surface area (Å²) in [4.78, 5) is 0. The van der Waals surface area contributed by atoms with Crippen molar-refractivity contribution in [2.45, 2.75) is 32.1 Å². The van der Waals surface area contributed by atoms with E-state index in [1.165, 1.54) is 11.1 Å². The summed E-state index contributed by atoms with van der Waals surface area (Å²) >= 11 is 0. The Morgan fingerprint density at radius 3 is 2.80 bits per heavy atom. The van der Waals surface area contributed by atoms with E-state index in [9.17, 15) is 8.42 Å². The molecular weight excluding hydrogens is 272 g/mol. The molecule has 2 N–H and O–H groups in total. The second-order valence-electron chi connectivity index (χ2n) is 5.33. The Balaban J connectivity index is 1.69. The van der Waals surface area contributed by atoms with Crippen molar-refractivity contribution in [1.29, 1.82) is 0 Å². The SMILES string of the molecule is CCNCCCCS(=O)(=O)NCC1Cc2ccccc21. The molecular formula is C15H24N2O2S. The summed E-state index contributed by atoms with van der Waals surface area (Å²) in [6.45, 7) is 4.41. The average molecular weight is 296 g/mol. The fourth-order valence-electron chi connectivity index (χ4n) is 2.56. The zero-order valence-corrected chi connectivity index (χ0v) is 12.9. The van der Waals surface area contributed by atoms with Gasteiger partial charge in [0.25, 0.3) is 0 Å². The Labute approximate surface area is 122 Å². The lowest BCUT2D eigenvalue weighted by molar-refractivity contribution is 0.548. The summed E-state index contributed by atoms with van der Waals surface area (Å²) in [5, 5.41) is 3.20. The van der Waals surface area contributed by atoms with Crippen LogP contribution in [0.5, 0.6) is 0 Å². The van der Waals surface area contributed by atoms with Gasteiger partial charge in [-0.05, 0) is 43.5 Å². The third-order valence-corrected chi connectivity index (χ3v) is 5.21. The van der Waals surface area contributed by atoms with Gasteiger partial charge in [-0.25, -0.2) is 13.1 Å². The molecule has 1 aliphatic rings. The molecule has 112 valence electrons. The van der Waals surface area contributed by atoms with Crippen molar-refractivity contribution in [3.63, 3.8) is 0 Å². The van der Waals surface area contributed by atoms with Gasteiger partial charge in [-0.15, -0.1) is 0 Å². The minimum Gasteiger partial charge on any atom is -0.317 e. The molecule has 4 nitrogen and oxygen atoms in total. The van der Waals surface area contributed by atoms with Crippen LogP contribution in [0.25, 0.3) is 0 Å². The van der Waals surface area contributed by atoms with Crippen LogP contribution in [0.15, 0.2) is 24.3 Å². The molecule has 1 aromatic rings. The van der Waals surface area contributed by atoms with Crippen LogP contribution in [0.1, 0.15) is 36.8 Å². The first kappa shape index (κ1) is 15.5. The van der Waals surface area contributed by atoms with Crippen molar-refractivity contribution in [2.75, 3.05) is 25.4 Å². The van der Waals surface area contributed by atoms with Crippen LogP contribution in [0, 0.1) is 0 Å². The summed E-state index contributed by atoms with van der Waals surface area (Å²) in [7, 11) is -3.12. The zero-order chi connectivity index (χ0) is 14.4. The molecule has 0 saturated carbocycles. The third kappa shape index (κ3) is 4.30. The maximum absolute atomic E-state index is 11.9. The van der Waals surface area contributed by atoms with Gasteiger partial charge < -0.3 is 5.32 Å². The van der Waals surface area contributed by atoms with Crippen molar-refractivity contribution in [3.8, 4) is 0 Å². The molecule has 1 aliphatic carbocycles. The lowest BCUT2D eigenvalue weighted by atomic mass is 9.78. The number of benzene rings is 1. The fraction of sp³-hybridized carbons (Fsp3) is 0.600. The first-order chi connectivity index (χ1) is 9.62. The van der Waals surface area contributed by atoms with Gasteiger partial charge in [0.15, 0.2) is 0 Å². The Hall–Kier alpha value is -0.910. The van der Waals surface area contributed by atoms with E-state index in [4.69, 9.17) is 0 Å². The number of hydrogen-bond acceptors (Lipinski definition) is 3. The number of rotatable bonds is 9. The van der Waals surface area contributed by atoms with Crippen LogP contribution in [-0.2, 0) is 16.4 Å². The van der Waals surface area contributed by atoms with Crippen LogP contribution in [0.3, 0.4) is 0 Å². The molecule has 0 fully saturated rings. The van der Waals surface area contributed by atoms with Crippen LogP contribution in [-0.4, -0.2) is 33.8 Å². The predicted molar refractivity (Wildman–Crippen MR) is 82.5 cm³/mol. The van der Waals surface area contributed by atoms with Crippen LogP contribution >= 0.6 is 0 Å². The van der Waals surface area contributed by atoms with Gasteiger partial charge >= 0.3 is 0 Å². The van der Waals surface area contributed by atoms with E-state index in [2.05, 4.69) is 29.1 Å².